The van der Waals surface area contributed by atoms with E-state index < -0.39 is 0 Å². The summed E-state index contributed by atoms with van der Waals surface area (Å²) in [5.74, 6) is 1.73. The van der Waals surface area contributed by atoms with Crippen molar-refractivity contribution in [2.75, 3.05) is 14.2 Å². The molecule has 0 amide bonds. The van der Waals surface area contributed by atoms with Crippen LogP contribution in [0.25, 0.3) is 0 Å². The molecule has 0 saturated heterocycles. The van der Waals surface area contributed by atoms with Gasteiger partial charge in [-0.25, -0.2) is 0 Å². The molecule has 4 heteroatoms. The van der Waals surface area contributed by atoms with E-state index in [-0.39, 0.29) is 0 Å². The van der Waals surface area contributed by atoms with Crippen LogP contribution in [0, 0.1) is 0 Å². The molecule has 0 bridgehead atoms. The fourth-order valence-corrected chi connectivity index (χ4v) is 1.82. The van der Waals surface area contributed by atoms with Gasteiger partial charge in [0, 0.05) is 12.1 Å². The Balaban J connectivity index is 1.83. The summed E-state index contributed by atoms with van der Waals surface area (Å²) in [6.45, 7) is 1.83. The third-order valence-corrected chi connectivity index (χ3v) is 2.87. The quantitative estimate of drug-likeness (QED) is 0.832. The zero-order valence-electron chi connectivity index (χ0n) is 11.3. The van der Waals surface area contributed by atoms with E-state index in [1.807, 2.05) is 37.4 Å². The molecule has 0 unspecified atom stereocenters. The second-order valence-corrected chi connectivity index (χ2v) is 4.24. The Labute approximate surface area is 113 Å². The van der Waals surface area contributed by atoms with Crippen molar-refractivity contribution in [2.45, 2.75) is 19.8 Å². The van der Waals surface area contributed by atoms with Crippen molar-refractivity contribution < 1.29 is 13.9 Å². The van der Waals surface area contributed by atoms with Crippen molar-refractivity contribution >= 4 is 0 Å². The van der Waals surface area contributed by atoms with Gasteiger partial charge >= 0.3 is 0 Å². The third-order valence-electron chi connectivity index (χ3n) is 2.87. The normalized spacial score (nSPS) is 10.6. The van der Waals surface area contributed by atoms with Crippen LogP contribution >= 0.6 is 0 Å². The summed E-state index contributed by atoms with van der Waals surface area (Å²) in [6.07, 6.45) is 1.69. The van der Waals surface area contributed by atoms with E-state index in [9.17, 15) is 0 Å². The monoisotopic (exact) mass is 261 g/mol. The highest BCUT2D eigenvalue weighted by atomic mass is 16.5. The number of rotatable bonds is 7. The Morgan fingerprint density at radius 2 is 1.89 bits per heavy atom. The predicted octanol–water partition coefficient (Wildman–Crippen LogP) is 2.72. The van der Waals surface area contributed by atoms with Crippen LogP contribution in [0.3, 0.4) is 0 Å². The molecule has 1 N–H and O–H groups in total. The molecule has 0 spiro atoms. The molecule has 0 fully saturated rings. The van der Waals surface area contributed by atoms with Gasteiger partial charge in [0.15, 0.2) is 0 Å². The van der Waals surface area contributed by atoms with Crippen molar-refractivity contribution in [2.24, 2.45) is 0 Å². The van der Waals surface area contributed by atoms with Crippen molar-refractivity contribution in [3.05, 3.63) is 53.5 Å². The molecule has 0 radical (unpaired) electrons. The van der Waals surface area contributed by atoms with Crippen LogP contribution in [-0.4, -0.2) is 14.2 Å². The Morgan fingerprint density at radius 3 is 2.58 bits per heavy atom. The Kier molecular flexibility index (Phi) is 5.01. The largest absolute Gasteiger partial charge is 0.497 e. The van der Waals surface area contributed by atoms with Crippen LogP contribution in [0.2, 0.25) is 0 Å². The maximum absolute atomic E-state index is 5.66. The molecule has 0 saturated carbocycles. The summed E-state index contributed by atoms with van der Waals surface area (Å²) in [7, 11) is 3.57. The fraction of sp³-hybridized carbons (Fsp3) is 0.333. The zero-order chi connectivity index (χ0) is 13.5. The van der Waals surface area contributed by atoms with E-state index in [1.165, 1.54) is 0 Å². The first kappa shape index (κ1) is 13.6. The molecular formula is C15H19NO3. The molecule has 0 atom stereocenters. The first-order chi connectivity index (χ1) is 9.33. The molecule has 0 aliphatic heterocycles. The molecule has 0 aliphatic carbocycles. The average molecular weight is 261 g/mol. The van der Waals surface area contributed by atoms with Gasteiger partial charge in [-0.05, 0) is 30.8 Å². The van der Waals surface area contributed by atoms with E-state index >= 15 is 0 Å². The van der Waals surface area contributed by atoms with Crippen molar-refractivity contribution in [1.29, 1.82) is 0 Å². The Hall–Kier alpha value is -1.78. The molecule has 1 aromatic heterocycles. The summed E-state index contributed by atoms with van der Waals surface area (Å²) in [4.78, 5) is 0. The van der Waals surface area contributed by atoms with Crippen molar-refractivity contribution in [3.8, 4) is 5.75 Å². The minimum atomic E-state index is 0.482. The minimum Gasteiger partial charge on any atom is -0.497 e. The SMILES string of the molecule is CNCc1ccoc1COCc1ccc(OC)cc1. The summed E-state index contributed by atoms with van der Waals surface area (Å²) in [5, 5.41) is 3.10. The number of hydrogen-bond acceptors (Lipinski definition) is 4. The van der Waals surface area contributed by atoms with Crippen LogP contribution < -0.4 is 10.1 Å². The highest BCUT2D eigenvalue weighted by molar-refractivity contribution is 5.26. The molecule has 102 valence electrons. The minimum absolute atomic E-state index is 0.482. The number of methoxy groups -OCH3 is 1. The summed E-state index contributed by atoms with van der Waals surface area (Å²) in [6, 6.07) is 9.81. The van der Waals surface area contributed by atoms with Gasteiger partial charge in [-0.15, -0.1) is 0 Å². The topological polar surface area (TPSA) is 43.6 Å². The highest BCUT2D eigenvalue weighted by Gasteiger charge is 2.05. The van der Waals surface area contributed by atoms with Crippen LogP contribution in [-0.2, 0) is 24.5 Å². The van der Waals surface area contributed by atoms with E-state index in [2.05, 4.69) is 5.32 Å². The number of furan rings is 1. The van der Waals surface area contributed by atoms with Crippen LogP contribution in [0.4, 0.5) is 0 Å². The summed E-state index contributed by atoms with van der Waals surface area (Å²) in [5.41, 5.74) is 2.25. The molecular weight excluding hydrogens is 242 g/mol. The average Bonchev–Trinajstić information content (AvgIpc) is 2.88. The van der Waals surface area contributed by atoms with Crippen LogP contribution in [0.5, 0.6) is 5.75 Å². The van der Waals surface area contributed by atoms with Gasteiger partial charge in [0.2, 0.25) is 0 Å². The lowest BCUT2D eigenvalue weighted by molar-refractivity contribution is 0.0921. The molecule has 1 aromatic carbocycles. The van der Waals surface area contributed by atoms with E-state index in [0.29, 0.717) is 13.2 Å². The van der Waals surface area contributed by atoms with E-state index in [1.54, 1.807) is 13.4 Å². The highest BCUT2D eigenvalue weighted by Crippen LogP contribution is 2.15. The Morgan fingerprint density at radius 1 is 1.11 bits per heavy atom. The lowest BCUT2D eigenvalue weighted by atomic mass is 10.2. The second kappa shape index (κ2) is 6.97. The van der Waals surface area contributed by atoms with Crippen molar-refractivity contribution in [1.82, 2.24) is 5.32 Å². The van der Waals surface area contributed by atoms with Gasteiger partial charge in [0.1, 0.15) is 18.1 Å². The third kappa shape index (κ3) is 3.84. The molecule has 2 rings (SSSR count). The number of nitrogens with one attached hydrogen (secondary N) is 1. The van der Waals surface area contributed by atoms with Crippen LogP contribution in [0.15, 0.2) is 41.0 Å². The smallest absolute Gasteiger partial charge is 0.133 e. The maximum Gasteiger partial charge on any atom is 0.133 e. The van der Waals surface area contributed by atoms with Crippen LogP contribution in [0.1, 0.15) is 16.9 Å². The molecule has 0 aliphatic rings. The van der Waals surface area contributed by atoms with E-state index in [0.717, 1.165) is 29.2 Å². The van der Waals surface area contributed by atoms with Gasteiger partial charge in [0.25, 0.3) is 0 Å². The van der Waals surface area contributed by atoms with Gasteiger partial charge < -0.3 is 19.2 Å². The Bertz CT molecular complexity index is 490. The number of ether oxygens (including phenoxy) is 2. The molecule has 4 nitrogen and oxygen atoms in total. The lowest BCUT2D eigenvalue weighted by Gasteiger charge is -2.06. The van der Waals surface area contributed by atoms with Gasteiger partial charge in [-0.3, -0.25) is 0 Å². The van der Waals surface area contributed by atoms with E-state index in [4.69, 9.17) is 13.9 Å². The first-order valence-corrected chi connectivity index (χ1v) is 6.24. The van der Waals surface area contributed by atoms with Gasteiger partial charge in [-0.1, -0.05) is 12.1 Å². The predicted molar refractivity (Wildman–Crippen MR) is 73.0 cm³/mol. The first-order valence-electron chi connectivity index (χ1n) is 6.24. The zero-order valence-corrected chi connectivity index (χ0v) is 11.3. The summed E-state index contributed by atoms with van der Waals surface area (Å²) < 4.78 is 16.2. The maximum atomic E-state index is 5.66. The lowest BCUT2D eigenvalue weighted by Crippen LogP contribution is -2.06. The standard InChI is InChI=1S/C15H19NO3/c1-16-9-13-7-8-19-15(13)11-18-10-12-3-5-14(17-2)6-4-12/h3-8,16H,9-11H2,1-2H3. The van der Waals surface area contributed by atoms with Gasteiger partial charge in [0.05, 0.1) is 20.0 Å². The number of hydrogen-bond donors (Lipinski definition) is 1. The number of benzene rings is 1. The molecule has 1 heterocycles. The molecule has 2 aromatic rings. The fourth-order valence-electron chi connectivity index (χ4n) is 1.82. The molecule has 19 heavy (non-hydrogen) atoms. The summed E-state index contributed by atoms with van der Waals surface area (Å²) >= 11 is 0. The second-order valence-electron chi connectivity index (χ2n) is 4.24. The van der Waals surface area contributed by atoms with Gasteiger partial charge in [-0.2, -0.15) is 0 Å². The van der Waals surface area contributed by atoms with Crippen molar-refractivity contribution in [3.63, 3.8) is 0 Å².